The highest BCUT2D eigenvalue weighted by Crippen LogP contribution is 2.46. The fourth-order valence-corrected chi connectivity index (χ4v) is 8.67. The first-order valence-electron chi connectivity index (χ1n) is 20.6. The van der Waals surface area contributed by atoms with Gasteiger partial charge in [0.05, 0.1) is 14.2 Å². The molecule has 0 aromatic heterocycles. The molecule has 3 aliphatic heterocycles. The van der Waals surface area contributed by atoms with E-state index in [1.165, 1.54) is 6.07 Å². The minimum Gasteiger partial charge on any atom is -0.467 e. The molecule has 12 atom stereocenters. The van der Waals surface area contributed by atoms with Crippen molar-refractivity contribution in [3.8, 4) is 11.5 Å². The first-order valence-corrected chi connectivity index (χ1v) is 20.6. The number of methoxy groups -OCH3 is 2. The summed E-state index contributed by atoms with van der Waals surface area (Å²) in [5, 5.41) is 0. The first kappa shape index (κ1) is 48.5. The summed E-state index contributed by atoms with van der Waals surface area (Å²) < 4.78 is 68.5. The minimum absolute atomic E-state index is 0.0530. The fourth-order valence-electron chi connectivity index (χ4n) is 8.67. The summed E-state index contributed by atoms with van der Waals surface area (Å²) in [6.45, 7) is 10.2. The van der Waals surface area contributed by atoms with Crippen LogP contribution in [0.2, 0.25) is 0 Å². The molecule has 4 aliphatic rings. The molecule has 3 fully saturated rings. The monoisotopic (exact) mass is 893 g/mol. The summed E-state index contributed by atoms with van der Waals surface area (Å²) >= 11 is 0. The van der Waals surface area contributed by atoms with Crippen LogP contribution in [0, 0.1) is 5.92 Å². The van der Waals surface area contributed by atoms with Crippen LogP contribution in [0.25, 0.3) is 0 Å². The molecule has 5 rings (SSSR count). The van der Waals surface area contributed by atoms with E-state index in [1.807, 2.05) is 0 Å². The number of hydrogen-bond donors (Lipinski definition) is 0. The predicted octanol–water partition coefficient (Wildman–Crippen LogP) is 1.42. The van der Waals surface area contributed by atoms with E-state index < -0.39 is 109 Å². The number of rotatable bonds is 14. The summed E-state index contributed by atoms with van der Waals surface area (Å²) in [4.78, 5) is 104. The molecule has 0 radical (unpaired) electrons. The van der Waals surface area contributed by atoms with E-state index in [-0.39, 0.29) is 23.5 Å². The smallest absolute Gasteiger partial charge is 0.339 e. The minimum atomic E-state index is -1.82. The van der Waals surface area contributed by atoms with Crippen LogP contribution in [0.5, 0.6) is 11.5 Å². The molecule has 1 aromatic carbocycles. The van der Waals surface area contributed by atoms with Gasteiger partial charge >= 0.3 is 47.8 Å². The van der Waals surface area contributed by atoms with Crippen molar-refractivity contribution in [3.63, 3.8) is 0 Å². The maximum atomic E-state index is 13.3. The molecule has 3 saturated heterocycles. The molecule has 0 saturated carbocycles. The molecule has 0 bridgehead atoms. The third-order valence-electron chi connectivity index (χ3n) is 10.9. The molecule has 63 heavy (non-hydrogen) atoms. The van der Waals surface area contributed by atoms with Crippen molar-refractivity contribution in [2.75, 3.05) is 27.3 Å². The average molecular weight is 894 g/mol. The van der Waals surface area contributed by atoms with Crippen LogP contribution in [0.4, 0.5) is 0 Å². The van der Waals surface area contributed by atoms with Crippen LogP contribution in [-0.4, -0.2) is 147 Å². The normalized spacial score (nSPS) is 30.1. The zero-order chi connectivity index (χ0) is 46.3. The second kappa shape index (κ2) is 21.2. The Labute approximate surface area is 363 Å². The average Bonchev–Trinajstić information content (AvgIpc) is 3.20. The molecule has 1 aliphatic carbocycles. The summed E-state index contributed by atoms with van der Waals surface area (Å²) in [6, 6.07) is 3.47. The van der Waals surface area contributed by atoms with Gasteiger partial charge in [-0.25, -0.2) is 9.59 Å². The van der Waals surface area contributed by atoms with Crippen molar-refractivity contribution in [3.05, 3.63) is 23.3 Å². The van der Waals surface area contributed by atoms with E-state index in [0.717, 1.165) is 93.7 Å². The second-order valence-electron chi connectivity index (χ2n) is 15.5. The van der Waals surface area contributed by atoms with Gasteiger partial charge in [-0.1, -0.05) is 13.0 Å². The van der Waals surface area contributed by atoms with E-state index in [0.29, 0.717) is 18.4 Å². The van der Waals surface area contributed by atoms with Crippen LogP contribution >= 0.6 is 0 Å². The van der Waals surface area contributed by atoms with Gasteiger partial charge in [0.15, 0.2) is 48.1 Å². The molecular weight excluding hydrogens is 838 g/mol. The lowest BCUT2D eigenvalue weighted by molar-refractivity contribution is -0.286. The number of carbonyl (C=O) groups excluding carboxylic acids is 8. The van der Waals surface area contributed by atoms with Crippen molar-refractivity contribution in [2.24, 2.45) is 5.92 Å². The zero-order valence-corrected chi connectivity index (χ0v) is 36.6. The summed E-state index contributed by atoms with van der Waals surface area (Å²) in [5.41, 5.74) is 1.42. The van der Waals surface area contributed by atoms with Gasteiger partial charge in [-0.05, 0) is 62.7 Å². The van der Waals surface area contributed by atoms with Crippen LogP contribution in [0.3, 0.4) is 0 Å². The molecule has 0 unspecified atom stereocenters. The predicted molar refractivity (Wildman–Crippen MR) is 208 cm³/mol. The van der Waals surface area contributed by atoms with Gasteiger partial charge in [-0.2, -0.15) is 0 Å². The van der Waals surface area contributed by atoms with Crippen molar-refractivity contribution in [1.29, 1.82) is 0 Å². The number of benzene rings is 1. The van der Waals surface area contributed by atoms with Gasteiger partial charge in [-0.3, -0.25) is 33.7 Å². The Kier molecular flexibility index (Phi) is 16.3. The highest BCUT2D eigenvalue weighted by atomic mass is 16.8. The van der Waals surface area contributed by atoms with Crippen molar-refractivity contribution in [1.82, 2.24) is 4.90 Å². The quantitative estimate of drug-likeness (QED) is 0.189. The Hall–Kier alpha value is -5.54. The van der Waals surface area contributed by atoms with E-state index >= 15 is 0 Å². The van der Waals surface area contributed by atoms with Gasteiger partial charge in [0.1, 0.15) is 0 Å². The maximum Gasteiger partial charge on any atom is 0.339 e. The number of hydrogen-bond acceptors (Lipinski definition) is 21. The Morgan fingerprint density at radius 1 is 0.603 bits per heavy atom. The van der Waals surface area contributed by atoms with Gasteiger partial charge in [0.25, 0.3) is 0 Å². The van der Waals surface area contributed by atoms with Crippen LogP contribution in [0.1, 0.15) is 78.9 Å². The van der Waals surface area contributed by atoms with Crippen molar-refractivity contribution >= 4 is 47.8 Å². The van der Waals surface area contributed by atoms with Crippen LogP contribution in [-0.2, 0) is 98.6 Å². The van der Waals surface area contributed by atoms with Gasteiger partial charge in [0.2, 0.25) is 24.8 Å². The van der Waals surface area contributed by atoms with Crippen molar-refractivity contribution in [2.45, 2.75) is 148 Å². The molecule has 0 spiro atoms. The van der Waals surface area contributed by atoms with Gasteiger partial charge in [-0.15, -0.1) is 0 Å². The van der Waals surface area contributed by atoms with E-state index in [2.05, 4.69) is 11.8 Å². The lowest BCUT2D eigenvalue weighted by atomic mass is 9.75. The number of ether oxygens (including phenoxy) is 12. The summed E-state index contributed by atoms with van der Waals surface area (Å²) in [7, 11) is 2.09. The third kappa shape index (κ3) is 11.5. The molecule has 3 heterocycles. The number of carbonyl (C=O) groups is 8. The van der Waals surface area contributed by atoms with E-state index in [1.54, 1.807) is 6.07 Å². The Bertz CT molecular complexity index is 1900. The fraction of sp³-hybridized carbons (Fsp3) is 0.667. The Balaban J connectivity index is 1.70. The lowest BCUT2D eigenvalue weighted by Crippen LogP contribution is -2.65. The highest BCUT2D eigenvalue weighted by molar-refractivity contribution is 5.78. The Morgan fingerprint density at radius 2 is 1.05 bits per heavy atom. The molecule has 21 nitrogen and oxygen atoms in total. The van der Waals surface area contributed by atoms with Crippen LogP contribution in [0.15, 0.2) is 12.1 Å². The van der Waals surface area contributed by atoms with E-state index in [4.69, 9.17) is 56.8 Å². The van der Waals surface area contributed by atoms with E-state index in [9.17, 15) is 38.4 Å². The standard InChI is InChI=1S/C42H55NO20/c1-10-15-43-16-11-12-26-17-27-25(18-28(26)43)13-14-29(60-41-37(58-23(6)48)33(56-21(4)46)31(54-19(2)44)35(62-41)39(50)52-8)30(27)61-42-38(59-24(7)49)34(57-22(5)47)32(55-20(3)45)36(63-42)40(51)53-9/h13-14,26,28,31-38,41-42H,10-12,15-18H2,1-9H3/t26-,28-,31+,32+,33+,34+,35+,36+,37-,38-,41-,42-/m1/s1. The number of likely N-dealkylation sites (tertiary alicyclic amines) is 1. The molecular formula is C42H55NO20. The lowest BCUT2D eigenvalue weighted by Gasteiger charge is -2.46. The number of nitrogens with zero attached hydrogens (tertiary/aromatic N) is 1. The molecule has 348 valence electrons. The highest BCUT2D eigenvalue weighted by Gasteiger charge is 2.58. The summed E-state index contributed by atoms with van der Waals surface area (Å²) in [6.07, 6.45) is -13.7. The maximum absolute atomic E-state index is 13.3. The Morgan fingerprint density at radius 3 is 1.49 bits per heavy atom. The van der Waals surface area contributed by atoms with Crippen LogP contribution < -0.4 is 9.47 Å². The molecule has 21 heteroatoms. The van der Waals surface area contributed by atoms with Gasteiger partial charge < -0.3 is 56.8 Å². The number of esters is 8. The second-order valence-corrected chi connectivity index (χ2v) is 15.5. The first-order chi connectivity index (χ1) is 29.9. The van der Waals surface area contributed by atoms with Crippen molar-refractivity contribution < 1.29 is 95.2 Å². The number of piperidine rings is 1. The largest absolute Gasteiger partial charge is 0.467 e. The summed E-state index contributed by atoms with van der Waals surface area (Å²) in [5.74, 6) is -7.62. The topological polar surface area (TPSA) is 251 Å². The molecule has 0 N–H and O–H groups in total. The number of fused-ring (bicyclic) bond motifs is 2. The SMILES string of the molecule is CCCN1CCC[C@@H]2Cc3c(ccc(O[C@@H]4O[C@H](C(=O)OC)[C@@H](OC(C)=O)[C@H](OC(C)=O)[C@H]4OC(C)=O)c3O[C@@H]3O[C@H](C(=O)OC)[C@@H](OC(C)=O)[C@H](OC(C)=O)[C@H]3OC(C)=O)C[C@H]21. The molecule has 0 amide bonds. The molecule has 1 aromatic rings. The zero-order valence-electron chi connectivity index (χ0n) is 36.6. The van der Waals surface area contributed by atoms with Gasteiger partial charge in [0, 0.05) is 53.1 Å². The third-order valence-corrected chi connectivity index (χ3v) is 10.9.